The van der Waals surface area contributed by atoms with Crippen molar-refractivity contribution in [1.29, 1.82) is 0 Å². The highest BCUT2D eigenvalue weighted by atomic mass is 35.5. The number of hydrogen-bond acceptors (Lipinski definition) is 5. The van der Waals surface area contributed by atoms with Crippen LogP contribution in [0.25, 0.3) is 0 Å². The SMILES string of the molecule is COc1cccc(C(=O)NCCNC(=O)CNC(=O)[C@@H](N)C(C)C)c1.Cl. The molecule has 0 unspecified atom stereocenters. The minimum Gasteiger partial charge on any atom is -0.497 e. The van der Waals surface area contributed by atoms with E-state index in [-0.39, 0.29) is 55.7 Å². The van der Waals surface area contributed by atoms with Crippen molar-refractivity contribution in [3.63, 3.8) is 0 Å². The summed E-state index contributed by atoms with van der Waals surface area (Å²) in [6, 6.07) is 6.12. The van der Waals surface area contributed by atoms with E-state index in [4.69, 9.17) is 10.5 Å². The molecule has 9 heteroatoms. The number of carbonyl (C=O) groups is 3. The molecule has 0 saturated heterocycles. The van der Waals surface area contributed by atoms with Gasteiger partial charge >= 0.3 is 0 Å². The highest BCUT2D eigenvalue weighted by Gasteiger charge is 2.17. The van der Waals surface area contributed by atoms with E-state index in [2.05, 4.69) is 16.0 Å². The van der Waals surface area contributed by atoms with Crippen LogP contribution in [0.5, 0.6) is 5.75 Å². The number of ether oxygens (including phenoxy) is 1. The summed E-state index contributed by atoms with van der Waals surface area (Å²) in [6.07, 6.45) is 0. The molecule has 1 rings (SSSR count). The first kappa shape index (κ1) is 23.7. The van der Waals surface area contributed by atoms with Crippen molar-refractivity contribution in [2.75, 3.05) is 26.7 Å². The van der Waals surface area contributed by atoms with Gasteiger partial charge in [0, 0.05) is 18.7 Å². The fourth-order valence-electron chi connectivity index (χ4n) is 1.89. The molecule has 0 aliphatic heterocycles. The lowest BCUT2D eigenvalue weighted by Crippen LogP contribution is -2.47. The van der Waals surface area contributed by atoms with Gasteiger partial charge in [0.05, 0.1) is 19.7 Å². The van der Waals surface area contributed by atoms with E-state index in [1.807, 2.05) is 13.8 Å². The third kappa shape index (κ3) is 8.17. The summed E-state index contributed by atoms with van der Waals surface area (Å²) >= 11 is 0. The summed E-state index contributed by atoms with van der Waals surface area (Å²) in [6.45, 7) is 4.02. The first-order valence-corrected chi connectivity index (χ1v) is 8.07. The second kappa shape index (κ2) is 12.1. The summed E-state index contributed by atoms with van der Waals surface area (Å²) in [5.74, 6) is -0.382. The largest absolute Gasteiger partial charge is 0.497 e. The van der Waals surface area contributed by atoms with E-state index in [1.165, 1.54) is 7.11 Å². The topological polar surface area (TPSA) is 123 Å². The third-order valence-electron chi connectivity index (χ3n) is 3.51. The van der Waals surface area contributed by atoms with E-state index in [1.54, 1.807) is 24.3 Å². The van der Waals surface area contributed by atoms with Gasteiger partial charge in [-0.3, -0.25) is 14.4 Å². The number of nitrogens with two attached hydrogens (primary N) is 1. The molecule has 26 heavy (non-hydrogen) atoms. The van der Waals surface area contributed by atoms with Gasteiger partial charge in [-0.25, -0.2) is 0 Å². The zero-order chi connectivity index (χ0) is 18.8. The normalized spacial score (nSPS) is 11.1. The molecule has 0 heterocycles. The fourth-order valence-corrected chi connectivity index (χ4v) is 1.89. The summed E-state index contributed by atoms with van der Waals surface area (Å²) in [7, 11) is 1.53. The van der Waals surface area contributed by atoms with Crippen molar-refractivity contribution in [3.05, 3.63) is 29.8 Å². The van der Waals surface area contributed by atoms with Crippen LogP contribution < -0.4 is 26.4 Å². The van der Waals surface area contributed by atoms with Crippen LogP contribution in [-0.4, -0.2) is 50.5 Å². The van der Waals surface area contributed by atoms with Crippen LogP contribution in [0.1, 0.15) is 24.2 Å². The van der Waals surface area contributed by atoms with E-state index in [0.29, 0.717) is 11.3 Å². The molecule has 0 saturated carbocycles. The Kier molecular flexibility index (Phi) is 11.0. The molecular weight excluding hydrogens is 360 g/mol. The van der Waals surface area contributed by atoms with Gasteiger partial charge in [-0.15, -0.1) is 12.4 Å². The Morgan fingerprint density at radius 2 is 1.77 bits per heavy atom. The maximum absolute atomic E-state index is 12.0. The van der Waals surface area contributed by atoms with Crippen LogP contribution in [0.4, 0.5) is 0 Å². The van der Waals surface area contributed by atoms with Crippen molar-refractivity contribution >= 4 is 30.1 Å². The standard InChI is InChI=1S/C17H26N4O4.ClH/c1-11(2)15(18)17(24)21-10-14(22)19-7-8-20-16(23)12-5-4-6-13(9-12)25-3;/h4-6,9,11,15H,7-8,10,18H2,1-3H3,(H,19,22)(H,20,23)(H,21,24);1H/t15-;/m0./s1. The molecule has 5 N–H and O–H groups in total. The quantitative estimate of drug-likeness (QED) is 0.447. The lowest BCUT2D eigenvalue weighted by atomic mass is 10.1. The highest BCUT2D eigenvalue weighted by molar-refractivity contribution is 5.94. The van der Waals surface area contributed by atoms with E-state index >= 15 is 0 Å². The van der Waals surface area contributed by atoms with Crippen molar-refractivity contribution in [2.24, 2.45) is 11.7 Å². The summed E-state index contributed by atoms with van der Waals surface area (Å²) in [4.78, 5) is 35.2. The second-order valence-electron chi connectivity index (χ2n) is 5.83. The lowest BCUT2D eigenvalue weighted by Gasteiger charge is -2.15. The molecular formula is C17H27ClN4O4. The summed E-state index contributed by atoms with van der Waals surface area (Å²) in [5.41, 5.74) is 6.15. The van der Waals surface area contributed by atoms with Crippen LogP contribution in [0.2, 0.25) is 0 Å². The van der Waals surface area contributed by atoms with E-state index in [0.717, 1.165) is 0 Å². The number of amides is 3. The van der Waals surface area contributed by atoms with E-state index < -0.39 is 6.04 Å². The molecule has 146 valence electrons. The van der Waals surface area contributed by atoms with Gasteiger partial charge in [0.25, 0.3) is 5.91 Å². The average Bonchev–Trinajstić information content (AvgIpc) is 2.62. The molecule has 8 nitrogen and oxygen atoms in total. The van der Waals surface area contributed by atoms with Crippen LogP contribution in [0, 0.1) is 5.92 Å². The Labute approximate surface area is 159 Å². The number of carbonyl (C=O) groups excluding carboxylic acids is 3. The maximum atomic E-state index is 12.0. The molecule has 0 aliphatic carbocycles. The molecule has 0 aliphatic rings. The molecule has 0 spiro atoms. The fraction of sp³-hybridized carbons (Fsp3) is 0.471. The molecule has 1 aromatic rings. The smallest absolute Gasteiger partial charge is 0.251 e. The number of benzene rings is 1. The van der Waals surface area contributed by atoms with Gasteiger partial charge in [0.2, 0.25) is 11.8 Å². The van der Waals surface area contributed by atoms with Crippen molar-refractivity contribution < 1.29 is 19.1 Å². The molecule has 0 radical (unpaired) electrons. The van der Waals surface area contributed by atoms with Gasteiger partial charge in [0.1, 0.15) is 5.75 Å². The Bertz CT molecular complexity index is 610. The number of nitrogens with one attached hydrogen (secondary N) is 3. The number of rotatable bonds is 9. The maximum Gasteiger partial charge on any atom is 0.251 e. The van der Waals surface area contributed by atoms with Crippen molar-refractivity contribution in [3.8, 4) is 5.75 Å². The molecule has 0 aromatic heterocycles. The predicted octanol–water partition coefficient (Wildman–Crippen LogP) is 0.0625. The highest BCUT2D eigenvalue weighted by Crippen LogP contribution is 2.12. The third-order valence-corrected chi connectivity index (χ3v) is 3.51. The minimum atomic E-state index is -0.644. The van der Waals surface area contributed by atoms with Gasteiger partial charge in [0.15, 0.2) is 0 Å². The Balaban J connectivity index is 0.00000625. The van der Waals surface area contributed by atoms with Gasteiger partial charge in [-0.1, -0.05) is 19.9 Å². The van der Waals surface area contributed by atoms with Gasteiger partial charge in [-0.2, -0.15) is 0 Å². The summed E-state index contributed by atoms with van der Waals surface area (Å²) in [5, 5.41) is 7.76. The zero-order valence-electron chi connectivity index (χ0n) is 15.2. The number of halogens is 1. The molecule has 3 amide bonds. The Morgan fingerprint density at radius 3 is 2.38 bits per heavy atom. The molecule has 1 aromatic carbocycles. The molecule has 0 fully saturated rings. The minimum absolute atomic E-state index is 0. The zero-order valence-corrected chi connectivity index (χ0v) is 16.0. The monoisotopic (exact) mass is 386 g/mol. The lowest BCUT2D eigenvalue weighted by molar-refractivity contribution is -0.127. The van der Waals surface area contributed by atoms with Crippen LogP contribution in [0.3, 0.4) is 0 Å². The number of methoxy groups -OCH3 is 1. The Morgan fingerprint density at radius 1 is 1.12 bits per heavy atom. The number of hydrogen-bond donors (Lipinski definition) is 4. The Hall–Kier alpha value is -2.32. The van der Waals surface area contributed by atoms with Gasteiger partial charge < -0.3 is 26.4 Å². The van der Waals surface area contributed by atoms with E-state index in [9.17, 15) is 14.4 Å². The van der Waals surface area contributed by atoms with Crippen molar-refractivity contribution in [1.82, 2.24) is 16.0 Å². The first-order valence-electron chi connectivity index (χ1n) is 8.07. The van der Waals surface area contributed by atoms with Gasteiger partial charge in [-0.05, 0) is 24.1 Å². The van der Waals surface area contributed by atoms with Crippen LogP contribution >= 0.6 is 12.4 Å². The van der Waals surface area contributed by atoms with Crippen molar-refractivity contribution in [2.45, 2.75) is 19.9 Å². The first-order chi connectivity index (χ1) is 11.8. The van der Waals surface area contributed by atoms with Crippen LogP contribution in [-0.2, 0) is 9.59 Å². The predicted molar refractivity (Wildman–Crippen MR) is 101 cm³/mol. The summed E-state index contributed by atoms with van der Waals surface area (Å²) < 4.78 is 5.06. The van der Waals surface area contributed by atoms with Crippen LogP contribution in [0.15, 0.2) is 24.3 Å². The average molecular weight is 387 g/mol. The molecule has 0 bridgehead atoms. The molecule has 1 atom stereocenters. The second-order valence-corrected chi connectivity index (χ2v) is 5.83.